The van der Waals surface area contributed by atoms with Crippen molar-refractivity contribution in [1.29, 1.82) is 0 Å². The topological polar surface area (TPSA) is 61.5 Å². The molecule has 0 spiro atoms. The van der Waals surface area contributed by atoms with Crippen molar-refractivity contribution in [3.05, 3.63) is 52.0 Å². The molecule has 0 aliphatic heterocycles. The Balaban J connectivity index is 2.57. The lowest BCUT2D eigenvalue weighted by Crippen LogP contribution is -2.10. The SMILES string of the molecule is CCOc1ccc(Br)cc1C(=O)c1c(N)cccc1OC. The van der Waals surface area contributed by atoms with E-state index < -0.39 is 0 Å². The van der Waals surface area contributed by atoms with Crippen LogP contribution in [-0.4, -0.2) is 19.5 Å². The largest absolute Gasteiger partial charge is 0.496 e. The first-order chi connectivity index (χ1) is 10.1. The van der Waals surface area contributed by atoms with Gasteiger partial charge in [0.05, 0.1) is 24.8 Å². The molecule has 0 bridgehead atoms. The second-order valence-corrected chi connectivity index (χ2v) is 5.24. The second-order valence-electron chi connectivity index (χ2n) is 4.33. The van der Waals surface area contributed by atoms with Gasteiger partial charge < -0.3 is 15.2 Å². The van der Waals surface area contributed by atoms with Crippen molar-refractivity contribution < 1.29 is 14.3 Å². The summed E-state index contributed by atoms with van der Waals surface area (Å²) in [7, 11) is 1.51. The van der Waals surface area contributed by atoms with Crippen LogP contribution in [0.25, 0.3) is 0 Å². The zero-order chi connectivity index (χ0) is 15.4. The van der Waals surface area contributed by atoms with Crippen LogP contribution in [0.5, 0.6) is 11.5 Å². The predicted molar refractivity (Wildman–Crippen MR) is 86.1 cm³/mol. The van der Waals surface area contributed by atoms with Crippen LogP contribution in [0.15, 0.2) is 40.9 Å². The zero-order valence-electron chi connectivity index (χ0n) is 11.9. The molecule has 0 saturated heterocycles. The van der Waals surface area contributed by atoms with Gasteiger partial charge in [0.15, 0.2) is 0 Å². The number of hydrogen-bond donors (Lipinski definition) is 1. The maximum atomic E-state index is 12.8. The molecule has 0 amide bonds. The molecule has 2 rings (SSSR count). The average Bonchev–Trinajstić information content (AvgIpc) is 2.48. The van der Waals surface area contributed by atoms with Gasteiger partial charge in [-0.05, 0) is 37.3 Å². The standard InChI is InChI=1S/C16H16BrNO3/c1-3-21-13-8-7-10(17)9-11(13)16(19)15-12(18)5-4-6-14(15)20-2/h4-9H,3,18H2,1-2H3. The van der Waals surface area contributed by atoms with Gasteiger partial charge in [-0.15, -0.1) is 0 Å². The fourth-order valence-electron chi connectivity index (χ4n) is 2.06. The molecule has 0 unspecified atom stereocenters. The average molecular weight is 350 g/mol. The molecule has 0 radical (unpaired) electrons. The fraction of sp³-hybridized carbons (Fsp3) is 0.188. The van der Waals surface area contributed by atoms with Crippen molar-refractivity contribution in [2.45, 2.75) is 6.92 Å². The third-order valence-corrected chi connectivity index (χ3v) is 3.48. The Bertz CT molecular complexity index is 671. The van der Waals surface area contributed by atoms with Gasteiger partial charge in [-0.2, -0.15) is 0 Å². The van der Waals surface area contributed by atoms with Gasteiger partial charge in [0, 0.05) is 10.2 Å². The number of ether oxygens (including phenoxy) is 2. The van der Waals surface area contributed by atoms with Gasteiger partial charge in [-0.1, -0.05) is 22.0 Å². The highest BCUT2D eigenvalue weighted by atomic mass is 79.9. The summed E-state index contributed by atoms with van der Waals surface area (Å²) in [6, 6.07) is 10.4. The summed E-state index contributed by atoms with van der Waals surface area (Å²) in [4.78, 5) is 12.8. The van der Waals surface area contributed by atoms with Crippen LogP contribution in [-0.2, 0) is 0 Å². The molecule has 0 heterocycles. The molecule has 110 valence electrons. The molecule has 0 saturated carbocycles. The van der Waals surface area contributed by atoms with E-state index in [1.54, 1.807) is 30.3 Å². The van der Waals surface area contributed by atoms with Crippen molar-refractivity contribution in [1.82, 2.24) is 0 Å². The van der Waals surface area contributed by atoms with Crippen molar-refractivity contribution in [2.75, 3.05) is 19.5 Å². The van der Waals surface area contributed by atoms with Crippen molar-refractivity contribution in [3.63, 3.8) is 0 Å². The van der Waals surface area contributed by atoms with Gasteiger partial charge in [-0.25, -0.2) is 0 Å². The molecule has 0 aromatic heterocycles. The fourth-order valence-corrected chi connectivity index (χ4v) is 2.42. The molecule has 5 heteroatoms. The number of benzene rings is 2. The Morgan fingerprint density at radius 3 is 2.67 bits per heavy atom. The van der Waals surface area contributed by atoms with E-state index in [9.17, 15) is 4.79 Å². The summed E-state index contributed by atoms with van der Waals surface area (Å²) in [6.07, 6.45) is 0. The Hall–Kier alpha value is -2.01. The van der Waals surface area contributed by atoms with Crippen molar-refractivity contribution in [3.8, 4) is 11.5 Å². The number of anilines is 1. The van der Waals surface area contributed by atoms with E-state index in [0.29, 0.717) is 34.9 Å². The Morgan fingerprint density at radius 1 is 1.24 bits per heavy atom. The smallest absolute Gasteiger partial charge is 0.202 e. The van der Waals surface area contributed by atoms with Crippen LogP contribution < -0.4 is 15.2 Å². The molecule has 2 aromatic rings. The van der Waals surface area contributed by atoms with Crippen LogP contribution in [0.4, 0.5) is 5.69 Å². The first kappa shape index (κ1) is 15.4. The summed E-state index contributed by atoms with van der Waals surface area (Å²) < 4.78 is 11.6. The van der Waals surface area contributed by atoms with Crippen LogP contribution >= 0.6 is 15.9 Å². The van der Waals surface area contributed by atoms with Crippen LogP contribution in [0, 0.1) is 0 Å². The second kappa shape index (κ2) is 6.63. The molecular weight excluding hydrogens is 334 g/mol. The first-order valence-electron chi connectivity index (χ1n) is 6.48. The number of ketones is 1. The van der Waals surface area contributed by atoms with Crippen LogP contribution in [0.3, 0.4) is 0 Å². The number of carbonyl (C=O) groups is 1. The molecule has 2 N–H and O–H groups in total. The highest BCUT2D eigenvalue weighted by Crippen LogP contribution is 2.31. The number of nitrogen functional groups attached to an aromatic ring is 1. The van der Waals surface area contributed by atoms with E-state index in [-0.39, 0.29) is 5.78 Å². The van der Waals surface area contributed by atoms with E-state index in [2.05, 4.69) is 15.9 Å². The van der Waals surface area contributed by atoms with E-state index in [0.717, 1.165) is 4.47 Å². The van der Waals surface area contributed by atoms with Crippen LogP contribution in [0.1, 0.15) is 22.8 Å². The molecule has 0 aliphatic rings. The van der Waals surface area contributed by atoms with E-state index in [4.69, 9.17) is 15.2 Å². The molecule has 2 aromatic carbocycles. The van der Waals surface area contributed by atoms with Crippen molar-refractivity contribution in [2.24, 2.45) is 0 Å². The molecule has 21 heavy (non-hydrogen) atoms. The minimum atomic E-state index is -0.227. The third-order valence-electron chi connectivity index (χ3n) is 2.99. The molecule has 4 nitrogen and oxygen atoms in total. The molecule has 0 fully saturated rings. The normalized spacial score (nSPS) is 10.2. The maximum Gasteiger partial charge on any atom is 0.202 e. The van der Waals surface area contributed by atoms with Crippen LogP contribution in [0.2, 0.25) is 0 Å². The van der Waals surface area contributed by atoms with Gasteiger partial charge in [0.1, 0.15) is 11.5 Å². The Kier molecular flexibility index (Phi) is 4.85. The number of methoxy groups -OCH3 is 1. The lowest BCUT2D eigenvalue weighted by atomic mass is 10.00. The van der Waals surface area contributed by atoms with Gasteiger partial charge in [0.2, 0.25) is 5.78 Å². The molecular formula is C16H16BrNO3. The lowest BCUT2D eigenvalue weighted by Gasteiger charge is -2.13. The zero-order valence-corrected chi connectivity index (χ0v) is 13.4. The highest BCUT2D eigenvalue weighted by molar-refractivity contribution is 9.10. The monoisotopic (exact) mass is 349 g/mol. The minimum Gasteiger partial charge on any atom is -0.496 e. The maximum absolute atomic E-state index is 12.8. The Labute approximate surface area is 132 Å². The number of halogens is 1. The van der Waals surface area contributed by atoms with Crippen molar-refractivity contribution >= 4 is 27.4 Å². The summed E-state index contributed by atoms with van der Waals surface area (Å²) in [5.41, 5.74) is 7.11. The minimum absolute atomic E-state index is 0.227. The van der Waals surface area contributed by atoms with E-state index in [1.807, 2.05) is 13.0 Å². The number of nitrogens with two attached hydrogens (primary N) is 1. The lowest BCUT2D eigenvalue weighted by molar-refractivity contribution is 0.103. The van der Waals surface area contributed by atoms with Gasteiger partial charge in [0.25, 0.3) is 0 Å². The quantitative estimate of drug-likeness (QED) is 0.660. The first-order valence-corrected chi connectivity index (χ1v) is 7.27. The summed E-state index contributed by atoms with van der Waals surface area (Å²) in [6.45, 7) is 2.34. The van der Waals surface area contributed by atoms with E-state index in [1.165, 1.54) is 7.11 Å². The Morgan fingerprint density at radius 2 is 2.00 bits per heavy atom. The van der Waals surface area contributed by atoms with E-state index >= 15 is 0 Å². The number of carbonyl (C=O) groups excluding carboxylic acids is 1. The highest BCUT2D eigenvalue weighted by Gasteiger charge is 2.21. The summed E-state index contributed by atoms with van der Waals surface area (Å²) in [5.74, 6) is 0.744. The number of rotatable bonds is 5. The number of hydrogen-bond acceptors (Lipinski definition) is 4. The summed E-state index contributed by atoms with van der Waals surface area (Å²) in [5, 5.41) is 0. The van der Waals surface area contributed by atoms with Gasteiger partial charge >= 0.3 is 0 Å². The predicted octanol–water partition coefficient (Wildman–Crippen LogP) is 3.67. The summed E-state index contributed by atoms with van der Waals surface area (Å²) >= 11 is 3.37. The van der Waals surface area contributed by atoms with Gasteiger partial charge in [-0.3, -0.25) is 4.79 Å². The molecule has 0 atom stereocenters. The third kappa shape index (κ3) is 3.19. The molecule has 0 aliphatic carbocycles.